The minimum Gasteiger partial charge on any atom is -0.481 e. The fourth-order valence-electron chi connectivity index (χ4n) is 13.9. The first kappa shape index (κ1) is 107. The number of aliphatic carboxylic acids is 2. The van der Waals surface area contributed by atoms with Crippen LogP contribution in [0.4, 0.5) is 0 Å². The van der Waals surface area contributed by atoms with Gasteiger partial charge in [0.2, 0.25) is 106 Å². The molecule has 129 heavy (non-hydrogen) atoms. The molecule has 4 aliphatic rings. The number of benzene rings is 1. The lowest BCUT2D eigenvalue weighted by atomic mass is 9.96. The monoisotopic (exact) mass is 1890 g/mol. The summed E-state index contributed by atoms with van der Waals surface area (Å²) in [5, 5.41) is 85.0. The van der Waals surface area contributed by atoms with Gasteiger partial charge >= 0.3 is 11.9 Å². The number of hydrogen-bond acceptors (Lipinski definition) is 27. The van der Waals surface area contributed by atoms with Crippen LogP contribution in [-0.2, 0) is 102 Å². The summed E-state index contributed by atoms with van der Waals surface area (Å²) in [6.07, 6.45) is -0.138. The van der Waals surface area contributed by atoms with Crippen molar-refractivity contribution in [3.05, 3.63) is 36.0 Å². The highest BCUT2D eigenvalue weighted by Crippen LogP contribution is 2.27. The molecule has 6 bridgehead atoms. The van der Waals surface area contributed by atoms with Crippen molar-refractivity contribution in [1.29, 1.82) is 0 Å². The number of amides is 18. The second-order valence-electron chi connectivity index (χ2n) is 33.5. The highest BCUT2D eigenvalue weighted by Gasteiger charge is 2.45. The fraction of sp³-hybridized carbons (Fsp3) is 0.654. The van der Waals surface area contributed by atoms with E-state index in [4.69, 9.17) is 5.73 Å². The lowest BCUT2D eigenvalue weighted by Gasteiger charge is -2.32. The predicted octanol–water partition coefficient (Wildman–Crippen LogP) is -6.09. The van der Waals surface area contributed by atoms with Crippen LogP contribution in [0.2, 0.25) is 0 Å². The number of carbonyl (C=O) groups is 20. The zero-order chi connectivity index (χ0) is 96.3. The molecule has 0 spiro atoms. The summed E-state index contributed by atoms with van der Waals surface area (Å²) in [6, 6.07) is -23.7. The minimum atomic E-state index is -2.30. The van der Waals surface area contributed by atoms with Gasteiger partial charge in [-0.25, -0.2) is 4.79 Å². The first-order valence-electron chi connectivity index (χ1n) is 42.6. The molecule has 4 fully saturated rings. The van der Waals surface area contributed by atoms with E-state index in [2.05, 4.69) is 101 Å². The number of aliphatic hydroxyl groups is 2. The van der Waals surface area contributed by atoms with Crippen molar-refractivity contribution in [3.63, 3.8) is 0 Å². The summed E-state index contributed by atoms with van der Waals surface area (Å²) < 4.78 is 0. The molecule has 4 saturated heterocycles. The van der Waals surface area contributed by atoms with E-state index in [-0.39, 0.29) is 25.7 Å². The second kappa shape index (κ2) is 50.6. The molecule has 23 unspecified atom stereocenters. The molecule has 1 aromatic heterocycles. The van der Waals surface area contributed by atoms with E-state index < -0.39 is 327 Å². The molecule has 0 aliphatic carbocycles. The van der Waals surface area contributed by atoms with Gasteiger partial charge < -0.3 is 127 Å². The van der Waals surface area contributed by atoms with Gasteiger partial charge in [-0.2, -0.15) is 35.3 Å². The smallest absolute Gasteiger partial charge is 0.329 e. The van der Waals surface area contributed by atoms with Gasteiger partial charge in [-0.15, -0.1) is 11.8 Å². The van der Waals surface area contributed by atoms with E-state index in [1.54, 1.807) is 65.1 Å². The third kappa shape index (κ3) is 31.6. The predicted molar refractivity (Wildman–Crippen MR) is 476 cm³/mol. The zero-order valence-corrected chi connectivity index (χ0v) is 77.5. The quantitative estimate of drug-likeness (QED) is 0.0738. The van der Waals surface area contributed by atoms with Crippen molar-refractivity contribution >= 4 is 176 Å². The number of aliphatic hydroxyl groups excluding tert-OH is 2. The number of nitrogens with two attached hydrogens (primary N) is 1. The molecule has 1 aromatic carbocycles. The zero-order valence-electron chi connectivity index (χ0n) is 74.3. The number of aromatic amines is 1. The Morgan fingerprint density at radius 2 is 0.899 bits per heavy atom. The van der Waals surface area contributed by atoms with Gasteiger partial charge in [-0.1, -0.05) is 121 Å². The molecule has 25 N–H and O–H groups in total. The van der Waals surface area contributed by atoms with Gasteiger partial charge in [0.15, 0.2) is 6.04 Å². The number of rotatable bonds is 15. The molecule has 18 amide bonds. The van der Waals surface area contributed by atoms with Crippen molar-refractivity contribution < 1.29 is 116 Å². The van der Waals surface area contributed by atoms with Crippen LogP contribution in [0.25, 0.3) is 10.9 Å². The molecule has 44 nitrogen and oxygen atoms in total. The highest BCUT2D eigenvalue weighted by molar-refractivity contribution is 8.00. The van der Waals surface area contributed by atoms with Crippen molar-refractivity contribution in [2.24, 2.45) is 35.3 Å². The van der Waals surface area contributed by atoms with E-state index in [1.807, 2.05) is 0 Å². The molecule has 2 aromatic rings. The maximum absolute atomic E-state index is 15.7. The number of H-pyrrole nitrogens is 1. The van der Waals surface area contributed by atoms with Gasteiger partial charge in [-0.05, 0) is 61.0 Å². The second-order valence-corrected chi connectivity index (χ2v) is 38.9. The van der Waals surface area contributed by atoms with Crippen LogP contribution in [0.15, 0.2) is 30.5 Å². The largest absolute Gasteiger partial charge is 0.481 e. The minimum absolute atomic E-state index is 0.0866. The van der Waals surface area contributed by atoms with E-state index in [1.165, 1.54) is 55.4 Å². The van der Waals surface area contributed by atoms with E-state index in [0.29, 0.717) is 40.0 Å². The Hall–Kier alpha value is -10.6. The number of carbonyl (C=O) groups excluding carboxylic acids is 18. The Morgan fingerprint density at radius 3 is 1.47 bits per heavy atom. The number of thioether (sulfide) groups is 4. The number of aromatic nitrogens is 1. The van der Waals surface area contributed by atoms with Crippen LogP contribution in [0.3, 0.4) is 0 Å². The van der Waals surface area contributed by atoms with E-state index in [0.717, 1.165) is 30.4 Å². The van der Waals surface area contributed by atoms with Crippen LogP contribution in [0, 0.1) is 29.6 Å². The Labute approximate surface area is 762 Å². The van der Waals surface area contributed by atoms with Crippen molar-refractivity contribution in [1.82, 2.24) is 101 Å². The van der Waals surface area contributed by atoms with E-state index >= 15 is 38.4 Å². The fourth-order valence-corrected chi connectivity index (χ4v) is 18.2. The summed E-state index contributed by atoms with van der Waals surface area (Å²) in [4.78, 5) is 297. The third-order valence-corrected chi connectivity index (χ3v) is 27.2. The summed E-state index contributed by atoms with van der Waals surface area (Å²) >= 11 is 2.42. The first-order valence-corrected chi connectivity index (χ1v) is 46.8. The Kier molecular flexibility index (Phi) is 42.0. The highest BCUT2D eigenvalue weighted by atomic mass is 32.2. The number of nitrogens with one attached hydrogen (secondary N) is 19. The van der Waals surface area contributed by atoms with E-state index in [9.17, 15) is 78.0 Å². The standard InChI is InChI=1S/C81H124N20O24S4/c1-15-36(9)58-75(118)88-46(21-22-55(105)106)68(111)99-60-39(12)127-29-44(82)65(108)89-47(23-33(3)4)69(112)100-61(78(121)98-58)40(13)128-32-52-71(114)86-38(11)64(107)101-63(80(123)124)81(125)129-41(14)62(79(122)96-57(35(7)8)74(117)97-59(37(10)16-2)76(119)93-52)94-54(104)27-85-67(110)50-30-126-31-51(92-77(60)120)72(115)95-56(34(5)6)73(116)90-48(24-42-25-83-45-20-18-17-19-43(42)45)66(109)84-26-53(103)87-49(28-102)70(113)91-50/h17-20,25,33-41,44,46-52,56-63,81,83,102,125H,15-16,21-24,26-32,82H2,1-14H3,(H,84,109)(H,85,110)(H,86,114)(H,87,103)(H,88,118)(H,89,108)(H,90,116)(H,91,113)(H,92,120)(H,93,119)(H,94,104)(H,95,115)(H,96,122)(H,97,117)(H,98,121)(H,99,111)(H,100,112)(H,101,107)(H,105,106)(H,123,124). The van der Waals surface area contributed by atoms with Crippen LogP contribution in [0.1, 0.15) is 135 Å². The summed E-state index contributed by atoms with van der Waals surface area (Å²) in [6.45, 7) is 17.6. The van der Waals surface area contributed by atoms with Crippen molar-refractivity contribution in [2.45, 2.75) is 259 Å². The molecule has 23 atom stereocenters. The molecule has 48 heteroatoms. The number of carboxylic acid groups (broad SMARTS) is 2. The lowest BCUT2D eigenvalue weighted by Crippen LogP contribution is -2.63. The topological polar surface area (TPSA) is 681 Å². The molecule has 6 rings (SSSR count). The molecule has 716 valence electrons. The number of para-hydroxylation sites is 1. The van der Waals surface area contributed by atoms with Gasteiger partial charge in [0.1, 0.15) is 96.1 Å². The average molecular weight is 1890 g/mol. The van der Waals surface area contributed by atoms with Gasteiger partial charge in [0.05, 0.1) is 25.7 Å². The summed E-state index contributed by atoms with van der Waals surface area (Å²) in [5.74, 6) is -30.3. The van der Waals surface area contributed by atoms with Gasteiger partial charge in [0.25, 0.3) is 0 Å². The van der Waals surface area contributed by atoms with Gasteiger partial charge in [0, 0.05) is 68.7 Å². The SMILES string of the molecule is CCC(C)C1NC(=O)C(C(C)C)NC(=O)C2NC(=O)CNC(=O)C3CSCC(NC(=O)C4NC(=O)C(CCC(=O)O)NC(=O)C(C(C)CC)NC(=O)C(NC(=O)C(CC(C)C)NC(=O)C(N)CSC4C)C(C)SCC(NC1=O)C(=O)NC(C)C(=O)NC(C(=O)O)C(O)SC2C)C(=O)NC(C(C)C)C(=O)NC(Cc1c[nH]c2ccccc12)C(=O)NCC(=O)NC(CO)C(=O)N3. The molecule has 5 heterocycles. The van der Waals surface area contributed by atoms with Crippen molar-refractivity contribution in [2.75, 3.05) is 42.7 Å². The Bertz CT molecular complexity index is 4410. The van der Waals surface area contributed by atoms with Crippen LogP contribution in [-0.4, -0.2) is 310 Å². The number of carboxylic acids is 2. The van der Waals surface area contributed by atoms with Crippen LogP contribution in [0.5, 0.6) is 0 Å². The van der Waals surface area contributed by atoms with Crippen molar-refractivity contribution in [3.8, 4) is 0 Å². The summed E-state index contributed by atoms with van der Waals surface area (Å²) in [7, 11) is 0. The number of hydrogen-bond donors (Lipinski definition) is 24. The Balaban J connectivity index is 1.66. The van der Waals surface area contributed by atoms with Gasteiger partial charge in [-0.3, -0.25) is 91.1 Å². The first-order chi connectivity index (χ1) is 60.7. The molecule has 4 aliphatic heterocycles. The maximum atomic E-state index is 15.7. The molecular weight excluding hydrogens is 1770 g/mol. The lowest BCUT2D eigenvalue weighted by molar-refractivity contribution is -0.144. The number of fused-ring (bicyclic) bond motifs is 23. The molecule has 0 radical (unpaired) electrons. The Morgan fingerprint density at radius 1 is 0.450 bits per heavy atom. The van der Waals surface area contributed by atoms with Crippen LogP contribution >= 0.6 is 47.0 Å². The summed E-state index contributed by atoms with van der Waals surface area (Å²) in [5.41, 5.74) is 5.52. The molecule has 0 saturated carbocycles. The normalized spacial score (nSPS) is 30.6. The average Bonchev–Trinajstić information content (AvgIpc) is 1.57. The maximum Gasteiger partial charge on any atom is 0.329 e. The van der Waals surface area contributed by atoms with Crippen LogP contribution < -0.4 is 101 Å². The third-order valence-electron chi connectivity index (χ3n) is 22.1. The molecular formula is C81H124N20O24S4.